The maximum absolute atomic E-state index is 13.4. The van der Waals surface area contributed by atoms with Crippen molar-refractivity contribution in [3.8, 4) is 0 Å². The monoisotopic (exact) mass is 252 g/mol. The molecule has 0 radical (unpaired) electrons. The van der Waals surface area contributed by atoms with Crippen LogP contribution < -0.4 is 0 Å². The van der Waals surface area contributed by atoms with E-state index in [1.165, 1.54) is 6.07 Å². The van der Waals surface area contributed by atoms with E-state index in [1.54, 1.807) is 19.1 Å². The van der Waals surface area contributed by atoms with Gasteiger partial charge in [0.2, 0.25) is 0 Å². The summed E-state index contributed by atoms with van der Waals surface area (Å²) in [6.07, 6.45) is 1.07. The van der Waals surface area contributed by atoms with Crippen LogP contribution in [0.5, 0.6) is 0 Å². The number of halogens is 1. The van der Waals surface area contributed by atoms with Gasteiger partial charge in [0.05, 0.1) is 12.5 Å². The third-order valence-corrected chi connectivity index (χ3v) is 3.26. The van der Waals surface area contributed by atoms with E-state index < -0.39 is 0 Å². The number of hydrogen-bond acceptors (Lipinski definition) is 3. The van der Waals surface area contributed by atoms with Crippen molar-refractivity contribution in [2.45, 2.75) is 25.7 Å². The van der Waals surface area contributed by atoms with E-state index in [0.717, 1.165) is 12.0 Å². The number of rotatable bonds is 5. The molecule has 1 aliphatic carbocycles. The molecular formula is C14H17FO3. The highest BCUT2D eigenvalue weighted by atomic mass is 19.1. The van der Waals surface area contributed by atoms with Crippen molar-refractivity contribution in [1.82, 2.24) is 0 Å². The van der Waals surface area contributed by atoms with Crippen molar-refractivity contribution in [3.05, 3.63) is 35.1 Å². The first kappa shape index (κ1) is 13.0. The predicted molar refractivity (Wildman–Crippen MR) is 64.7 cm³/mol. The molecule has 1 aromatic carbocycles. The smallest absolute Gasteiger partial charge is 0.309 e. The molecule has 1 saturated carbocycles. The largest absolute Gasteiger partial charge is 0.466 e. The normalized spacial score (nSPS) is 21.7. The van der Waals surface area contributed by atoms with Gasteiger partial charge in [-0.15, -0.1) is 0 Å². The van der Waals surface area contributed by atoms with Crippen molar-refractivity contribution < 1.29 is 19.0 Å². The van der Waals surface area contributed by atoms with Crippen LogP contribution in [0.4, 0.5) is 4.39 Å². The van der Waals surface area contributed by atoms with Crippen LogP contribution in [0.2, 0.25) is 0 Å². The zero-order chi connectivity index (χ0) is 13.1. The standard InChI is InChI=1S/C14H17FO3/c1-2-18-14(17)12-8-11(12)9-3-4-13(15)10(7-9)5-6-16/h3-4,7,11-12,16H,2,5-6,8H2,1H3/t11-,12+/m0/s1. The number of carbonyl (C=O) groups is 1. The summed E-state index contributed by atoms with van der Waals surface area (Å²) in [7, 11) is 0. The van der Waals surface area contributed by atoms with Gasteiger partial charge in [-0.3, -0.25) is 4.79 Å². The molecule has 0 saturated heterocycles. The lowest BCUT2D eigenvalue weighted by molar-refractivity contribution is -0.144. The Labute approximate surface area is 106 Å². The molecule has 0 aromatic heterocycles. The summed E-state index contributed by atoms with van der Waals surface area (Å²) >= 11 is 0. The number of esters is 1. The molecule has 1 aliphatic rings. The minimum Gasteiger partial charge on any atom is -0.466 e. The second-order valence-corrected chi connectivity index (χ2v) is 4.53. The molecule has 0 amide bonds. The SMILES string of the molecule is CCOC(=O)[C@@H]1C[C@H]1c1ccc(F)c(CCO)c1. The van der Waals surface area contributed by atoms with Gasteiger partial charge in [0.25, 0.3) is 0 Å². The fraction of sp³-hybridized carbons (Fsp3) is 0.500. The molecule has 0 spiro atoms. The average molecular weight is 252 g/mol. The number of ether oxygens (including phenoxy) is 1. The fourth-order valence-electron chi connectivity index (χ4n) is 2.21. The zero-order valence-electron chi connectivity index (χ0n) is 10.4. The quantitative estimate of drug-likeness (QED) is 0.816. The Kier molecular flexibility index (Phi) is 3.97. The van der Waals surface area contributed by atoms with E-state index in [-0.39, 0.29) is 30.2 Å². The van der Waals surface area contributed by atoms with Crippen molar-refractivity contribution in [1.29, 1.82) is 0 Å². The summed E-state index contributed by atoms with van der Waals surface area (Å²) in [5, 5.41) is 8.86. The molecular weight excluding hydrogens is 235 g/mol. The molecule has 1 fully saturated rings. The van der Waals surface area contributed by atoms with E-state index in [1.807, 2.05) is 0 Å². The second-order valence-electron chi connectivity index (χ2n) is 4.53. The van der Waals surface area contributed by atoms with Gasteiger partial charge in [-0.1, -0.05) is 12.1 Å². The molecule has 0 aliphatic heterocycles. The van der Waals surface area contributed by atoms with Crippen molar-refractivity contribution in [2.24, 2.45) is 5.92 Å². The first-order chi connectivity index (χ1) is 8.67. The van der Waals surface area contributed by atoms with Crippen molar-refractivity contribution >= 4 is 5.97 Å². The maximum atomic E-state index is 13.4. The number of aliphatic hydroxyl groups excluding tert-OH is 1. The summed E-state index contributed by atoms with van der Waals surface area (Å²) in [4.78, 5) is 11.5. The van der Waals surface area contributed by atoms with Crippen LogP contribution >= 0.6 is 0 Å². The summed E-state index contributed by atoms with van der Waals surface area (Å²) in [5.74, 6) is -0.420. The Hall–Kier alpha value is -1.42. The Morgan fingerprint density at radius 1 is 1.56 bits per heavy atom. The van der Waals surface area contributed by atoms with Gasteiger partial charge in [0.1, 0.15) is 5.82 Å². The maximum Gasteiger partial charge on any atom is 0.309 e. The molecule has 4 heteroatoms. The van der Waals surface area contributed by atoms with Gasteiger partial charge in [-0.25, -0.2) is 4.39 Å². The highest BCUT2D eigenvalue weighted by Crippen LogP contribution is 2.48. The molecule has 0 unspecified atom stereocenters. The lowest BCUT2D eigenvalue weighted by Crippen LogP contribution is -2.07. The highest BCUT2D eigenvalue weighted by molar-refractivity contribution is 5.77. The summed E-state index contributed by atoms with van der Waals surface area (Å²) in [6.45, 7) is 2.10. The molecule has 0 heterocycles. The molecule has 2 atom stereocenters. The van der Waals surface area contributed by atoms with Crippen LogP contribution in [-0.2, 0) is 16.0 Å². The summed E-state index contributed by atoms with van der Waals surface area (Å²) < 4.78 is 18.4. The average Bonchev–Trinajstić information content (AvgIpc) is 3.13. The van der Waals surface area contributed by atoms with E-state index >= 15 is 0 Å². The first-order valence-corrected chi connectivity index (χ1v) is 6.23. The van der Waals surface area contributed by atoms with Crippen LogP contribution in [0.3, 0.4) is 0 Å². The van der Waals surface area contributed by atoms with E-state index in [9.17, 15) is 9.18 Å². The second kappa shape index (κ2) is 5.48. The predicted octanol–water partition coefficient (Wildman–Crippen LogP) is 2.03. The van der Waals surface area contributed by atoms with Crippen molar-refractivity contribution in [3.63, 3.8) is 0 Å². The third kappa shape index (κ3) is 2.70. The van der Waals surface area contributed by atoms with Crippen LogP contribution in [0.15, 0.2) is 18.2 Å². The molecule has 1 aromatic rings. The van der Waals surface area contributed by atoms with Gasteiger partial charge in [-0.05, 0) is 42.9 Å². The minimum atomic E-state index is -0.305. The minimum absolute atomic E-state index is 0.0770. The number of carbonyl (C=O) groups excluding carboxylic acids is 1. The van der Waals surface area contributed by atoms with Gasteiger partial charge < -0.3 is 9.84 Å². The van der Waals surface area contributed by atoms with Gasteiger partial charge in [0.15, 0.2) is 0 Å². The van der Waals surface area contributed by atoms with Gasteiger partial charge in [0, 0.05) is 6.61 Å². The first-order valence-electron chi connectivity index (χ1n) is 6.23. The van der Waals surface area contributed by atoms with Crippen LogP contribution in [0.25, 0.3) is 0 Å². The summed E-state index contributed by atoms with van der Waals surface area (Å²) in [6, 6.07) is 4.86. The molecule has 1 N–H and O–H groups in total. The zero-order valence-corrected chi connectivity index (χ0v) is 10.4. The summed E-state index contributed by atoms with van der Waals surface area (Å²) in [5.41, 5.74) is 1.46. The highest BCUT2D eigenvalue weighted by Gasteiger charge is 2.45. The molecule has 18 heavy (non-hydrogen) atoms. The van der Waals surface area contributed by atoms with Gasteiger partial charge in [-0.2, -0.15) is 0 Å². The Bertz CT molecular complexity index is 445. The topological polar surface area (TPSA) is 46.5 Å². The molecule has 0 bridgehead atoms. The van der Waals surface area contributed by atoms with E-state index in [2.05, 4.69) is 0 Å². The molecule has 98 valence electrons. The molecule has 3 nitrogen and oxygen atoms in total. The lowest BCUT2D eigenvalue weighted by Gasteiger charge is -2.05. The Morgan fingerprint density at radius 3 is 3.00 bits per heavy atom. The Balaban J connectivity index is 2.07. The van der Waals surface area contributed by atoms with Crippen molar-refractivity contribution in [2.75, 3.05) is 13.2 Å². The van der Waals surface area contributed by atoms with E-state index in [0.29, 0.717) is 18.6 Å². The number of benzene rings is 1. The molecule has 2 rings (SSSR count). The van der Waals surface area contributed by atoms with Crippen LogP contribution in [0, 0.1) is 11.7 Å². The number of hydrogen-bond donors (Lipinski definition) is 1. The van der Waals surface area contributed by atoms with Crippen LogP contribution in [-0.4, -0.2) is 24.3 Å². The van der Waals surface area contributed by atoms with Gasteiger partial charge >= 0.3 is 5.97 Å². The Morgan fingerprint density at radius 2 is 2.33 bits per heavy atom. The third-order valence-electron chi connectivity index (χ3n) is 3.26. The van der Waals surface area contributed by atoms with E-state index in [4.69, 9.17) is 9.84 Å². The van der Waals surface area contributed by atoms with Crippen LogP contribution in [0.1, 0.15) is 30.4 Å². The fourth-order valence-corrected chi connectivity index (χ4v) is 2.21. The number of aliphatic hydroxyl groups is 1. The lowest BCUT2D eigenvalue weighted by atomic mass is 10.0.